The second-order valence-corrected chi connectivity index (χ2v) is 8.06. The number of aromatic nitrogens is 3. The summed E-state index contributed by atoms with van der Waals surface area (Å²) in [5.41, 5.74) is 3.42. The third-order valence-corrected chi connectivity index (χ3v) is 5.92. The van der Waals surface area contributed by atoms with Crippen LogP contribution in [0.2, 0.25) is 5.02 Å². The predicted molar refractivity (Wildman–Crippen MR) is 118 cm³/mol. The van der Waals surface area contributed by atoms with Crippen molar-refractivity contribution in [2.45, 2.75) is 11.4 Å². The van der Waals surface area contributed by atoms with E-state index in [-0.39, 0.29) is 17.2 Å². The average molecular weight is 427 g/mol. The molecule has 0 bridgehead atoms. The number of para-hydroxylation sites is 2. The molecule has 2 heterocycles. The van der Waals surface area contributed by atoms with Crippen molar-refractivity contribution in [3.8, 4) is 0 Å². The quantitative estimate of drug-likeness (QED) is 0.462. The van der Waals surface area contributed by atoms with Crippen LogP contribution >= 0.6 is 23.4 Å². The molecular weight excluding hydrogens is 408 g/mol. The fourth-order valence-corrected chi connectivity index (χ4v) is 4.19. The topological polar surface area (TPSA) is 79.8 Å². The molecule has 148 valence electrons. The van der Waals surface area contributed by atoms with E-state index in [0.717, 1.165) is 39.3 Å². The van der Waals surface area contributed by atoms with Crippen molar-refractivity contribution < 1.29 is 4.79 Å². The molecule has 0 fully saturated rings. The number of amides is 1. The van der Waals surface area contributed by atoms with Crippen LogP contribution in [0.15, 0.2) is 58.5 Å². The number of nitrogens with zero attached hydrogens (tertiary/aromatic N) is 2. The summed E-state index contributed by atoms with van der Waals surface area (Å²) in [4.78, 5) is 32.3. The predicted octanol–water partition coefficient (Wildman–Crippen LogP) is 3.52. The zero-order chi connectivity index (χ0) is 20.4. The number of rotatable bonds is 6. The van der Waals surface area contributed by atoms with Crippen LogP contribution in [0, 0.1) is 0 Å². The summed E-state index contributed by atoms with van der Waals surface area (Å²) >= 11 is 7.23. The van der Waals surface area contributed by atoms with E-state index < -0.39 is 0 Å². The number of aryl methyl sites for hydroxylation is 1. The third-order valence-electron chi connectivity index (χ3n) is 4.74. The maximum Gasteiger partial charge on any atom is 0.283 e. The monoisotopic (exact) mass is 426 g/mol. The zero-order valence-electron chi connectivity index (χ0n) is 15.7. The van der Waals surface area contributed by atoms with Gasteiger partial charge in [-0.05, 0) is 42.3 Å². The molecule has 4 rings (SSSR count). The number of halogens is 1. The summed E-state index contributed by atoms with van der Waals surface area (Å²) in [6.45, 7) is 0.502. The Bertz CT molecular complexity index is 1260. The molecular formula is C21H19ClN4O2S. The van der Waals surface area contributed by atoms with E-state index in [1.807, 2.05) is 48.7 Å². The number of thioether (sulfide) groups is 1. The van der Waals surface area contributed by atoms with Crippen LogP contribution in [0.1, 0.15) is 5.56 Å². The Morgan fingerprint density at radius 3 is 2.97 bits per heavy atom. The summed E-state index contributed by atoms with van der Waals surface area (Å²) in [6.07, 6.45) is 2.62. The lowest BCUT2D eigenvalue weighted by Gasteiger charge is -2.08. The number of H-pyrrole nitrogens is 1. The molecule has 1 amide bonds. The highest BCUT2D eigenvalue weighted by Gasteiger charge is 2.11. The van der Waals surface area contributed by atoms with Crippen molar-refractivity contribution >= 4 is 51.2 Å². The SMILES string of the molecule is Cn1c(=O)c(SCC(=O)NCCc2c[nH]c3ccc(Cl)cc23)nc2ccccc21. The Hall–Kier alpha value is -2.77. The average Bonchev–Trinajstić information content (AvgIpc) is 3.12. The highest BCUT2D eigenvalue weighted by Crippen LogP contribution is 2.22. The highest BCUT2D eigenvalue weighted by molar-refractivity contribution is 7.99. The number of hydrogen-bond acceptors (Lipinski definition) is 4. The minimum absolute atomic E-state index is 0.134. The Morgan fingerprint density at radius 1 is 1.28 bits per heavy atom. The van der Waals surface area contributed by atoms with Gasteiger partial charge in [0, 0.05) is 35.7 Å². The van der Waals surface area contributed by atoms with Gasteiger partial charge in [-0.3, -0.25) is 9.59 Å². The first-order valence-electron chi connectivity index (χ1n) is 9.14. The van der Waals surface area contributed by atoms with Gasteiger partial charge in [-0.1, -0.05) is 35.5 Å². The van der Waals surface area contributed by atoms with Crippen molar-refractivity contribution in [2.24, 2.45) is 7.05 Å². The molecule has 0 saturated carbocycles. The van der Waals surface area contributed by atoms with Crippen LogP contribution in [0.3, 0.4) is 0 Å². The van der Waals surface area contributed by atoms with Gasteiger partial charge in [0.2, 0.25) is 5.91 Å². The van der Waals surface area contributed by atoms with Crippen LogP contribution in [-0.2, 0) is 18.3 Å². The first-order valence-corrected chi connectivity index (χ1v) is 10.5. The van der Waals surface area contributed by atoms with Crippen molar-refractivity contribution in [3.63, 3.8) is 0 Å². The van der Waals surface area contributed by atoms with E-state index in [1.165, 1.54) is 0 Å². The molecule has 0 radical (unpaired) electrons. The zero-order valence-corrected chi connectivity index (χ0v) is 17.3. The van der Waals surface area contributed by atoms with E-state index in [1.54, 1.807) is 11.6 Å². The van der Waals surface area contributed by atoms with Gasteiger partial charge in [0.25, 0.3) is 5.56 Å². The fraction of sp³-hybridized carbons (Fsp3) is 0.190. The number of carbonyl (C=O) groups is 1. The number of aromatic amines is 1. The minimum Gasteiger partial charge on any atom is -0.361 e. The molecule has 0 aliphatic carbocycles. The van der Waals surface area contributed by atoms with Crippen LogP contribution < -0.4 is 10.9 Å². The van der Waals surface area contributed by atoms with Gasteiger partial charge in [-0.25, -0.2) is 4.98 Å². The molecule has 0 unspecified atom stereocenters. The lowest BCUT2D eigenvalue weighted by atomic mass is 10.1. The number of fused-ring (bicyclic) bond motifs is 2. The number of nitrogens with one attached hydrogen (secondary N) is 2. The highest BCUT2D eigenvalue weighted by atomic mass is 35.5. The minimum atomic E-state index is -0.197. The molecule has 0 spiro atoms. The van der Waals surface area contributed by atoms with Crippen molar-refractivity contribution in [1.82, 2.24) is 19.9 Å². The van der Waals surface area contributed by atoms with Crippen molar-refractivity contribution in [1.29, 1.82) is 0 Å². The maximum absolute atomic E-state index is 12.5. The first kappa shape index (κ1) is 19.5. The van der Waals surface area contributed by atoms with E-state index in [4.69, 9.17) is 11.6 Å². The molecule has 0 aliphatic heterocycles. The molecule has 0 aliphatic rings. The summed E-state index contributed by atoms with van der Waals surface area (Å²) in [5, 5.41) is 4.97. The van der Waals surface area contributed by atoms with E-state index in [9.17, 15) is 9.59 Å². The van der Waals surface area contributed by atoms with Crippen molar-refractivity contribution in [2.75, 3.05) is 12.3 Å². The largest absolute Gasteiger partial charge is 0.361 e. The Labute approximate surface area is 176 Å². The Balaban J connectivity index is 1.36. The Morgan fingerprint density at radius 2 is 2.10 bits per heavy atom. The summed E-state index contributed by atoms with van der Waals surface area (Å²) in [7, 11) is 1.71. The summed E-state index contributed by atoms with van der Waals surface area (Å²) in [5.74, 6) is 0.00481. The summed E-state index contributed by atoms with van der Waals surface area (Å²) in [6, 6.07) is 13.1. The van der Waals surface area contributed by atoms with Gasteiger partial charge in [0.1, 0.15) is 0 Å². The normalized spacial score (nSPS) is 11.2. The third kappa shape index (κ3) is 4.16. The van der Waals surface area contributed by atoms with E-state index >= 15 is 0 Å². The molecule has 8 heteroatoms. The number of hydrogen-bond donors (Lipinski definition) is 2. The van der Waals surface area contributed by atoms with Gasteiger partial charge in [-0.2, -0.15) is 0 Å². The van der Waals surface area contributed by atoms with Crippen molar-refractivity contribution in [3.05, 3.63) is 69.6 Å². The van der Waals surface area contributed by atoms with Gasteiger partial charge >= 0.3 is 0 Å². The molecule has 2 aromatic heterocycles. The molecule has 2 N–H and O–H groups in total. The summed E-state index contributed by atoms with van der Waals surface area (Å²) < 4.78 is 1.56. The van der Waals surface area contributed by atoms with Crippen LogP contribution in [0.5, 0.6) is 0 Å². The molecule has 0 atom stereocenters. The first-order chi connectivity index (χ1) is 14.0. The lowest BCUT2D eigenvalue weighted by molar-refractivity contribution is -0.118. The molecule has 4 aromatic rings. The number of benzene rings is 2. The second kappa shape index (κ2) is 8.31. The lowest BCUT2D eigenvalue weighted by Crippen LogP contribution is -2.28. The molecule has 29 heavy (non-hydrogen) atoms. The Kier molecular flexibility index (Phi) is 5.60. The van der Waals surface area contributed by atoms with E-state index in [2.05, 4.69) is 15.3 Å². The fourth-order valence-electron chi connectivity index (χ4n) is 3.23. The van der Waals surface area contributed by atoms with Gasteiger partial charge in [0.15, 0.2) is 5.03 Å². The molecule has 6 nitrogen and oxygen atoms in total. The van der Waals surface area contributed by atoms with Crippen LogP contribution in [0.4, 0.5) is 0 Å². The van der Waals surface area contributed by atoms with E-state index in [0.29, 0.717) is 23.0 Å². The van der Waals surface area contributed by atoms with Gasteiger partial charge in [-0.15, -0.1) is 0 Å². The standard InChI is InChI=1S/C21H19ClN4O2S/c1-26-18-5-3-2-4-17(18)25-20(21(26)28)29-12-19(27)23-9-8-13-11-24-16-7-6-14(22)10-15(13)16/h2-7,10-11,24H,8-9,12H2,1H3,(H,23,27). The van der Waals surface area contributed by atoms with Crippen LogP contribution in [0.25, 0.3) is 21.9 Å². The maximum atomic E-state index is 12.5. The van der Waals surface area contributed by atoms with Crippen LogP contribution in [-0.4, -0.2) is 32.7 Å². The van der Waals surface area contributed by atoms with Gasteiger partial charge in [0.05, 0.1) is 16.8 Å². The molecule has 0 saturated heterocycles. The second-order valence-electron chi connectivity index (χ2n) is 6.66. The number of carbonyl (C=O) groups excluding carboxylic acids is 1. The smallest absolute Gasteiger partial charge is 0.283 e. The molecule has 2 aromatic carbocycles. The van der Waals surface area contributed by atoms with Gasteiger partial charge < -0.3 is 14.9 Å².